The van der Waals surface area contributed by atoms with E-state index < -0.39 is 0 Å². The summed E-state index contributed by atoms with van der Waals surface area (Å²) in [5.41, 5.74) is 1.08. The van der Waals surface area contributed by atoms with E-state index in [-0.39, 0.29) is 12.8 Å². The van der Waals surface area contributed by atoms with Crippen LogP contribution in [0.1, 0.15) is 30.0 Å². The van der Waals surface area contributed by atoms with Crippen LogP contribution in [-0.2, 0) is 6.54 Å². The van der Waals surface area contributed by atoms with Crippen LogP contribution in [-0.4, -0.2) is 13.9 Å². The second-order valence-electron chi connectivity index (χ2n) is 5.08. The Bertz CT molecular complexity index is 635. The number of hydrogen-bond acceptors (Lipinski definition) is 5. The van der Waals surface area contributed by atoms with Crippen molar-refractivity contribution in [2.24, 2.45) is 0 Å². The predicted octanol–water partition coefficient (Wildman–Crippen LogP) is 3.18. The minimum atomic E-state index is 0.134. The van der Waals surface area contributed by atoms with Gasteiger partial charge in [0.15, 0.2) is 11.5 Å². The predicted molar refractivity (Wildman–Crippen MR) is 77.8 cm³/mol. The molecule has 1 aromatic heterocycles. The first kappa shape index (κ1) is 13.8. The van der Waals surface area contributed by atoms with Gasteiger partial charge in [0.1, 0.15) is 11.5 Å². The Balaban J connectivity index is 1.71. The summed E-state index contributed by atoms with van der Waals surface area (Å²) in [6, 6.07) is 8.03. The first-order valence-electron chi connectivity index (χ1n) is 6.93. The van der Waals surface area contributed by atoms with Crippen molar-refractivity contribution in [3.05, 3.63) is 41.3 Å². The molecule has 2 aromatic rings. The standard InChI is InChI=1S/C16H19NO4/c1-10-4-5-13(21-10)11(2)17-8-12-6-14(18-3)16-15(7-12)19-9-20-16/h4-7,11,17H,8-9H2,1-3H3/t11-/m0/s1. The molecule has 0 saturated heterocycles. The molecule has 2 heterocycles. The Morgan fingerprint density at radius 1 is 1.29 bits per heavy atom. The van der Waals surface area contributed by atoms with E-state index in [0.717, 1.165) is 22.8 Å². The van der Waals surface area contributed by atoms with Crippen LogP contribution in [0, 0.1) is 6.92 Å². The molecule has 0 amide bonds. The summed E-state index contributed by atoms with van der Waals surface area (Å²) in [7, 11) is 1.63. The van der Waals surface area contributed by atoms with Crippen LogP contribution < -0.4 is 19.5 Å². The molecule has 1 atom stereocenters. The van der Waals surface area contributed by atoms with Crippen molar-refractivity contribution in [3.63, 3.8) is 0 Å². The summed E-state index contributed by atoms with van der Waals surface area (Å²) < 4.78 is 21.8. The second kappa shape index (κ2) is 5.69. The molecule has 0 fully saturated rings. The maximum absolute atomic E-state index is 5.62. The maximum atomic E-state index is 5.62. The molecule has 1 aliphatic heterocycles. The van der Waals surface area contributed by atoms with Gasteiger partial charge in [-0.15, -0.1) is 0 Å². The number of fused-ring (bicyclic) bond motifs is 1. The number of furan rings is 1. The minimum absolute atomic E-state index is 0.134. The normalized spacial score (nSPS) is 14.2. The lowest BCUT2D eigenvalue weighted by molar-refractivity contribution is 0.171. The van der Waals surface area contributed by atoms with Crippen LogP contribution in [0.25, 0.3) is 0 Å². The molecule has 1 aliphatic rings. The number of rotatable bonds is 5. The summed E-state index contributed by atoms with van der Waals surface area (Å²) in [5.74, 6) is 3.95. The van der Waals surface area contributed by atoms with Crippen molar-refractivity contribution >= 4 is 0 Å². The van der Waals surface area contributed by atoms with E-state index >= 15 is 0 Å². The monoisotopic (exact) mass is 289 g/mol. The number of benzene rings is 1. The van der Waals surface area contributed by atoms with Gasteiger partial charge in [-0.1, -0.05) is 0 Å². The molecule has 1 N–H and O–H groups in total. The largest absolute Gasteiger partial charge is 0.493 e. The molecule has 0 unspecified atom stereocenters. The zero-order chi connectivity index (χ0) is 14.8. The van der Waals surface area contributed by atoms with Gasteiger partial charge in [0.05, 0.1) is 13.2 Å². The van der Waals surface area contributed by atoms with Gasteiger partial charge in [-0.3, -0.25) is 0 Å². The van der Waals surface area contributed by atoms with Crippen molar-refractivity contribution in [2.75, 3.05) is 13.9 Å². The average molecular weight is 289 g/mol. The molecule has 0 spiro atoms. The second-order valence-corrected chi connectivity index (χ2v) is 5.08. The van der Waals surface area contributed by atoms with Gasteiger partial charge in [0.25, 0.3) is 0 Å². The molecule has 0 bridgehead atoms. The Morgan fingerprint density at radius 3 is 2.86 bits per heavy atom. The Hall–Kier alpha value is -2.14. The van der Waals surface area contributed by atoms with Crippen LogP contribution in [0.15, 0.2) is 28.7 Å². The van der Waals surface area contributed by atoms with Gasteiger partial charge in [-0.2, -0.15) is 0 Å². The molecule has 5 heteroatoms. The van der Waals surface area contributed by atoms with Crippen LogP contribution in [0.4, 0.5) is 0 Å². The highest BCUT2D eigenvalue weighted by atomic mass is 16.7. The highest BCUT2D eigenvalue weighted by Gasteiger charge is 2.20. The topological polar surface area (TPSA) is 52.9 Å². The van der Waals surface area contributed by atoms with E-state index in [9.17, 15) is 0 Å². The number of nitrogens with one attached hydrogen (secondary N) is 1. The molecule has 5 nitrogen and oxygen atoms in total. The van der Waals surface area contributed by atoms with Gasteiger partial charge >= 0.3 is 0 Å². The highest BCUT2D eigenvalue weighted by molar-refractivity contribution is 5.55. The third-order valence-corrected chi connectivity index (χ3v) is 3.52. The number of hydrogen-bond donors (Lipinski definition) is 1. The van der Waals surface area contributed by atoms with Crippen molar-refractivity contribution in [3.8, 4) is 17.2 Å². The first-order chi connectivity index (χ1) is 10.2. The molecule has 112 valence electrons. The maximum Gasteiger partial charge on any atom is 0.231 e. The fraction of sp³-hybridized carbons (Fsp3) is 0.375. The molecule has 0 aliphatic carbocycles. The van der Waals surface area contributed by atoms with Crippen molar-refractivity contribution in [1.29, 1.82) is 0 Å². The fourth-order valence-electron chi connectivity index (χ4n) is 2.34. The van der Waals surface area contributed by atoms with Crippen molar-refractivity contribution < 1.29 is 18.6 Å². The molecular weight excluding hydrogens is 270 g/mol. The lowest BCUT2D eigenvalue weighted by Crippen LogP contribution is -2.17. The van der Waals surface area contributed by atoms with E-state index in [1.165, 1.54) is 0 Å². The average Bonchev–Trinajstić information content (AvgIpc) is 3.12. The van der Waals surface area contributed by atoms with Crippen LogP contribution in [0.3, 0.4) is 0 Å². The van der Waals surface area contributed by atoms with E-state index in [2.05, 4.69) is 12.2 Å². The molecule has 0 radical (unpaired) electrons. The highest BCUT2D eigenvalue weighted by Crippen LogP contribution is 2.41. The van der Waals surface area contributed by atoms with Crippen LogP contribution in [0.2, 0.25) is 0 Å². The number of ether oxygens (including phenoxy) is 3. The zero-order valence-corrected chi connectivity index (χ0v) is 12.4. The van der Waals surface area contributed by atoms with E-state index in [1.54, 1.807) is 7.11 Å². The van der Waals surface area contributed by atoms with Gasteiger partial charge < -0.3 is 23.9 Å². The third-order valence-electron chi connectivity index (χ3n) is 3.52. The summed E-state index contributed by atoms with van der Waals surface area (Å²) >= 11 is 0. The summed E-state index contributed by atoms with van der Waals surface area (Å²) in [6.45, 7) is 4.94. The van der Waals surface area contributed by atoms with Gasteiger partial charge in [-0.25, -0.2) is 0 Å². The Labute approximate surface area is 123 Å². The fourth-order valence-corrected chi connectivity index (χ4v) is 2.34. The lowest BCUT2D eigenvalue weighted by atomic mass is 10.1. The quantitative estimate of drug-likeness (QED) is 0.916. The van der Waals surface area contributed by atoms with Crippen molar-refractivity contribution in [2.45, 2.75) is 26.4 Å². The van der Waals surface area contributed by atoms with Gasteiger partial charge in [0, 0.05) is 6.54 Å². The molecular formula is C16H19NO4. The number of aryl methyl sites for hydroxylation is 1. The minimum Gasteiger partial charge on any atom is -0.493 e. The molecule has 3 rings (SSSR count). The summed E-state index contributed by atoms with van der Waals surface area (Å²) in [6.07, 6.45) is 0. The van der Waals surface area contributed by atoms with Crippen molar-refractivity contribution in [1.82, 2.24) is 5.32 Å². The SMILES string of the molecule is COc1cc(CN[C@@H](C)c2ccc(C)o2)cc2c1OCO2. The molecule has 1 aromatic carbocycles. The van der Waals surface area contributed by atoms with Crippen LogP contribution >= 0.6 is 0 Å². The number of methoxy groups -OCH3 is 1. The summed E-state index contributed by atoms with van der Waals surface area (Å²) in [4.78, 5) is 0. The van der Waals surface area contributed by atoms with E-state index in [1.807, 2.05) is 31.2 Å². The zero-order valence-electron chi connectivity index (χ0n) is 12.4. The first-order valence-corrected chi connectivity index (χ1v) is 6.93. The van der Waals surface area contributed by atoms with E-state index in [4.69, 9.17) is 18.6 Å². The van der Waals surface area contributed by atoms with Gasteiger partial charge in [-0.05, 0) is 43.7 Å². The molecule has 0 saturated carbocycles. The van der Waals surface area contributed by atoms with E-state index in [0.29, 0.717) is 18.0 Å². The van der Waals surface area contributed by atoms with Gasteiger partial charge in [0.2, 0.25) is 12.5 Å². The molecule has 21 heavy (non-hydrogen) atoms. The Morgan fingerprint density at radius 2 is 2.14 bits per heavy atom. The van der Waals surface area contributed by atoms with Crippen LogP contribution in [0.5, 0.6) is 17.2 Å². The smallest absolute Gasteiger partial charge is 0.231 e. The summed E-state index contributed by atoms with van der Waals surface area (Å²) in [5, 5.41) is 3.43. The lowest BCUT2D eigenvalue weighted by Gasteiger charge is -2.13. The third kappa shape index (κ3) is 2.83. The Kier molecular flexibility index (Phi) is 3.75.